The van der Waals surface area contributed by atoms with Crippen LogP contribution in [0, 0.1) is 0 Å². The molecular formula is C13H14Cl2O2. The molecule has 0 amide bonds. The third-order valence-corrected chi connectivity index (χ3v) is 3.70. The van der Waals surface area contributed by atoms with Gasteiger partial charge in [-0.15, -0.1) is 0 Å². The smallest absolute Gasteiger partial charge is 0.133 e. The van der Waals surface area contributed by atoms with Crippen molar-refractivity contribution >= 4 is 29.0 Å². The highest BCUT2D eigenvalue weighted by molar-refractivity contribution is 6.42. The van der Waals surface area contributed by atoms with Crippen LogP contribution in [0.4, 0.5) is 0 Å². The topological polar surface area (TPSA) is 26.3 Å². The minimum absolute atomic E-state index is 0.196. The van der Waals surface area contributed by atoms with Crippen molar-refractivity contribution in [2.75, 3.05) is 0 Å². The van der Waals surface area contributed by atoms with Crippen LogP contribution in [-0.4, -0.2) is 11.9 Å². The first-order valence-electron chi connectivity index (χ1n) is 5.72. The molecule has 0 unspecified atom stereocenters. The number of Topliss-reactive ketones (excluding diaryl/α,β-unsaturated/α-hetero) is 1. The second kappa shape index (κ2) is 5.85. The number of carbonyl (C=O) groups excluding carboxylic acids is 1. The normalized spacial score (nSPS) is 17.4. The lowest BCUT2D eigenvalue weighted by atomic mass is 9.96. The molecule has 1 saturated carbocycles. The van der Waals surface area contributed by atoms with E-state index < -0.39 is 0 Å². The summed E-state index contributed by atoms with van der Waals surface area (Å²) >= 11 is 11.8. The first-order valence-corrected chi connectivity index (χ1v) is 6.48. The van der Waals surface area contributed by atoms with E-state index in [9.17, 15) is 4.79 Å². The number of benzene rings is 1. The Labute approximate surface area is 111 Å². The van der Waals surface area contributed by atoms with Crippen molar-refractivity contribution in [3.8, 4) is 0 Å². The number of carbonyl (C=O) groups is 1. The summed E-state index contributed by atoms with van der Waals surface area (Å²) in [5, 5.41) is 1.10. The van der Waals surface area contributed by atoms with Gasteiger partial charge in [0.1, 0.15) is 5.78 Å². The molecule has 17 heavy (non-hydrogen) atoms. The van der Waals surface area contributed by atoms with Gasteiger partial charge in [-0.05, 0) is 30.5 Å². The molecule has 1 aliphatic rings. The van der Waals surface area contributed by atoms with Gasteiger partial charge in [0.05, 0.1) is 22.8 Å². The molecule has 1 fully saturated rings. The quantitative estimate of drug-likeness (QED) is 0.831. The third-order valence-electron chi connectivity index (χ3n) is 2.96. The zero-order valence-electron chi connectivity index (χ0n) is 9.42. The summed E-state index contributed by atoms with van der Waals surface area (Å²) in [7, 11) is 0. The molecule has 0 aromatic heterocycles. The molecule has 0 saturated heterocycles. The number of halogens is 2. The van der Waals surface area contributed by atoms with Gasteiger partial charge in [0, 0.05) is 12.8 Å². The van der Waals surface area contributed by atoms with Gasteiger partial charge in [-0.2, -0.15) is 0 Å². The number of ketones is 1. The Morgan fingerprint density at radius 1 is 1.18 bits per heavy atom. The van der Waals surface area contributed by atoms with Gasteiger partial charge in [0.15, 0.2) is 0 Å². The van der Waals surface area contributed by atoms with Crippen LogP contribution in [0.3, 0.4) is 0 Å². The largest absolute Gasteiger partial charge is 0.374 e. The van der Waals surface area contributed by atoms with E-state index in [2.05, 4.69) is 0 Å². The van der Waals surface area contributed by atoms with E-state index in [1.807, 2.05) is 12.1 Å². The molecule has 1 aromatic rings. The van der Waals surface area contributed by atoms with Crippen LogP contribution in [0.1, 0.15) is 31.2 Å². The lowest BCUT2D eigenvalue weighted by molar-refractivity contribution is -0.123. The van der Waals surface area contributed by atoms with Crippen LogP contribution in [0.15, 0.2) is 18.2 Å². The van der Waals surface area contributed by atoms with Crippen LogP contribution < -0.4 is 0 Å². The predicted octanol–water partition coefficient (Wildman–Crippen LogP) is 4.02. The zero-order chi connectivity index (χ0) is 12.3. The number of hydrogen-bond acceptors (Lipinski definition) is 2. The summed E-state index contributed by atoms with van der Waals surface area (Å²) < 4.78 is 5.76. The average Bonchev–Trinajstić information content (AvgIpc) is 2.33. The fourth-order valence-electron chi connectivity index (χ4n) is 1.92. The SMILES string of the molecule is O=C1CCC(OCc2ccc(Cl)c(Cl)c2)CC1. The van der Waals surface area contributed by atoms with Crippen LogP contribution in [0.25, 0.3) is 0 Å². The van der Waals surface area contributed by atoms with Crippen LogP contribution in [0.5, 0.6) is 0 Å². The van der Waals surface area contributed by atoms with Crippen molar-refractivity contribution in [3.63, 3.8) is 0 Å². The van der Waals surface area contributed by atoms with E-state index in [1.54, 1.807) is 6.07 Å². The number of ether oxygens (including phenoxy) is 1. The summed E-state index contributed by atoms with van der Waals surface area (Å²) in [4.78, 5) is 11.1. The van der Waals surface area contributed by atoms with Crippen LogP contribution in [-0.2, 0) is 16.1 Å². The Morgan fingerprint density at radius 2 is 1.88 bits per heavy atom. The standard InChI is InChI=1S/C13H14Cl2O2/c14-12-6-1-9(7-13(12)15)8-17-11-4-2-10(16)3-5-11/h1,6-7,11H,2-5,8H2. The van der Waals surface area contributed by atoms with E-state index in [0.29, 0.717) is 35.3 Å². The van der Waals surface area contributed by atoms with Gasteiger partial charge >= 0.3 is 0 Å². The van der Waals surface area contributed by atoms with Crippen LogP contribution in [0.2, 0.25) is 10.0 Å². The first-order chi connectivity index (χ1) is 8.15. The average molecular weight is 273 g/mol. The summed E-state index contributed by atoms with van der Waals surface area (Å²) in [5.74, 6) is 0.347. The monoisotopic (exact) mass is 272 g/mol. The fraction of sp³-hybridized carbons (Fsp3) is 0.462. The highest BCUT2D eigenvalue weighted by Crippen LogP contribution is 2.24. The Hall–Kier alpha value is -0.570. The molecule has 0 bridgehead atoms. The van der Waals surface area contributed by atoms with Crippen molar-refractivity contribution in [3.05, 3.63) is 33.8 Å². The van der Waals surface area contributed by atoms with E-state index in [1.165, 1.54) is 0 Å². The molecule has 2 rings (SSSR count). The molecule has 2 nitrogen and oxygen atoms in total. The molecule has 0 radical (unpaired) electrons. The molecule has 4 heteroatoms. The molecule has 0 aliphatic heterocycles. The van der Waals surface area contributed by atoms with E-state index >= 15 is 0 Å². The minimum Gasteiger partial charge on any atom is -0.374 e. The predicted molar refractivity (Wildman–Crippen MR) is 68.5 cm³/mol. The zero-order valence-corrected chi connectivity index (χ0v) is 10.9. The summed E-state index contributed by atoms with van der Waals surface area (Å²) in [5.41, 5.74) is 1.01. The van der Waals surface area contributed by atoms with Gasteiger partial charge in [-0.3, -0.25) is 4.79 Å². The molecule has 0 atom stereocenters. The van der Waals surface area contributed by atoms with E-state index in [0.717, 1.165) is 18.4 Å². The van der Waals surface area contributed by atoms with E-state index in [-0.39, 0.29) is 6.10 Å². The second-order valence-electron chi connectivity index (χ2n) is 4.30. The van der Waals surface area contributed by atoms with Crippen LogP contribution >= 0.6 is 23.2 Å². The van der Waals surface area contributed by atoms with Gasteiger partial charge in [0.2, 0.25) is 0 Å². The maximum Gasteiger partial charge on any atom is 0.133 e. The maximum absolute atomic E-state index is 11.1. The number of rotatable bonds is 3. The molecule has 92 valence electrons. The van der Waals surface area contributed by atoms with E-state index in [4.69, 9.17) is 27.9 Å². The maximum atomic E-state index is 11.1. The molecule has 0 spiro atoms. The Balaban J connectivity index is 1.85. The molecule has 1 aliphatic carbocycles. The molecule has 0 N–H and O–H groups in total. The molecular weight excluding hydrogens is 259 g/mol. The lowest BCUT2D eigenvalue weighted by Crippen LogP contribution is -2.21. The van der Waals surface area contributed by atoms with Gasteiger partial charge in [-0.25, -0.2) is 0 Å². The first kappa shape index (κ1) is 12.9. The fourth-order valence-corrected chi connectivity index (χ4v) is 2.24. The third kappa shape index (κ3) is 3.70. The number of hydrogen-bond donors (Lipinski definition) is 0. The van der Waals surface area contributed by atoms with Crippen molar-refractivity contribution in [1.29, 1.82) is 0 Å². The van der Waals surface area contributed by atoms with Crippen molar-refractivity contribution in [2.24, 2.45) is 0 Å². The van der Waals surface area contributed by atoms with Gasteiger partial charge in [0.25, 0.3) is 0 Å². The van der Waals surface area contributed by atoms with Gasteiger partial charge in [-0.1, -0.05) is 29.3 Å². The van der Waals surface area contributed by atoms with Crippen molar-refractivity contribution < 1.29 is 9.53 Å². The molecule has 0 heterocycles. The highest BCUT2D eigenvalue weighted by atomic mass is 35.5. The Bertz CT molecular complexity index is 408. The van der Waals surface area contributed by atoms with Crippen molar-refractivity contribution in [1.82, 2.24) is 0 Å². The van der Waals surface area contributed by atoms with Gasteiger partial charge < -0.3 is 4.74 Å². The second-order valence-corrected chi connectivity index (χ2v) is 5.11. The molecule has 1 aromatic carbocycles. The summed E-state index contributed by atoms with van der Waals surface area (Å²) in [6, 6.07) is 5.49. The van der Waals surface area contributed by atoms with Crippen molar-refractivity contribution in [2.45, 2.75) is 38.4 Å². The summed E-state index contributed by atoms with van der Waals surface area (Å²) in [6.45, 7) is 0.524. The lowest BCUT2D eigenvalue weighted by Gasteiger charge is -2.21. The minimum atomic E-state index is 0.196. The Morgan fingerprint density at radius 3 is 2.53 bits per heavy atom. The summed E-state index contributed by atoms with van der Waals surface area (Å²) in [6.07, 6.45) is 3.15. The highest BCUT2D eigenvalue weighted by Gasteiger charge is 2.18. The Kier molecular flexibility index (Phi) is 4.43.